The van der Waals surface area contributed by atoms with Crippen LogP contribution in [-0.2, 0) is 13.1 Å². The number of anilines is 1. The molecule has 1 heterocycles. The Labute approximate surface area is 130 Å². The number of benzene rings is 1. The van der Waals surface area contributed by atoms with E-state index in [9.17, 15) is 0 Å². The van der Waals surface area contributed by atoms with Crippen LogP contribution in [0.5, 0.6) is 0 Å². The SMILES string of the molecule is CSc1ccc(CN(C)Cc2ccc(N(C)C)cc2)s1. The van der Waals surface area contributed by atoms with Gasteiger partial charge in [-0.05, 0) is 43.1 Å². The highest BCUT2D eigenvalue weighted by Gasteiger charge is 2.05. The summed E-state index contributed by atoms with van der Waals surface area (Å²) < 4.78 is 1.39. The molecule has 108 valence electrons. The minimum absolute atomic E-state index is 0.986. The smallest absolute Gasteiger partial charge is 0.0599 e. The van der Waals surface area contributed by atoms with Crippen LogP contribution in [0.3, 0.4) is 0 Å². The molecule has 1 aromatic carbocycles. The van der Waals surface area contributed by atoms with Crippen molar-refractivity contribution in [1.29, 1.82) is 0 Å². The zero-order valence-electron chi connectivity index (χ0n) is 12.6. The fourth-order valence-electron chi connectivity index (χ4n) is 2.09. The zero-order valence-corrected chi connectivity index (χ0v) is 14.2. The maximum absolute atomic E-state index is 2.36. The van der Waals surface area contributed by atoms with E-state index in [1.54, 1.807) is 0 Å². The third-order valence-corrected chi connectivity index (χ3v) is 5.32. The van der Waals surface area contributed by atoms with Gasteiger partial charge in [0.1, 0.15) is 0 Å². The number of thioether (sulfide) groups is 1. The Hall–Kier alpha value is -0.970. The van der Waals surface area contributed by atoms with Crippen LogP contribution >= 0.6 is 23.1 Å². The van der Waals surface area contributed by atoms with Gasteiger partial charge < -0.3 is 4.90 Å². The predicted octanol–water partition coefficient (Wildman–Crippen LogP) is 4.17. The van der Waals surface area contributed by atoms with Crippen molar-refractivity contribution in [3.8, 4) is 0 Å². The van der Waals surface area contributed by atoms with Gasteiger partial charge in [0.15, 0.2) is 0 Å². The molecule has 0 aliphatic heterocycles. The highest BCUT2D eigenvalue weighted by Crippen LogP contribution is 2.26. The second-order valence-corrected chi connectivity index (χ2v) is 7.43. The molecule has 0 radical (unpaired) electrons. The van der Waals surface area contributed by atoms with Crippen LogP contribution in [0, 0.1) is 0 Å². The van der Waals surface area contributed by atoms with E-state index in [1.165, 1.54) is 20.3 Å². The molecule has 4 heteroatoms. The summed E-state index contributed by atoms with van der Waals surface area (Å²) in [5, 5.41) is 0. The lowest BCUT2D eigenvalue weighted by Gasteiger charge is -2.17. The van der Waals surface area contributed by atoms with E-state index < -0.39 is 0 Å². The summed E-state index contributed by atoms with van der Waals surface area (Å²) in [6.07, 6.45) is 2.13. The predicted molar refractivity (Wildman–Crippen MR) is 92.0 cm³/mol. The third-order valence-electron chi connectivity index (χ3n) is 3.17. The number of rotatable bonds is 6. The summed E-state index contributed by atoms with van der Waals surface area (Å²) in [7, 11) is 6.32. The van der Waals surface area contributed by atoms with Crippen molar-refractivity contribution in [3.63, 3.8) is 0 Å². The Bertz CT molecular complexity index is 532. The largest absolute Gasteiger partial charge is 0.378 e. The molecule has 0 fully saturated rings. The molecule has 0 saturated carbocycles. The van der Waals surface area contributed by atoms with Gasteiger partial charge in [0, 0.05) is 37.7 Å². The van der Waals surface area contributed by atoms with Crippen LogP contribution in [0.15, 0.2) is 40.6 Å². The molecular formula is C16H22N2S2. The lowest BCUT2D eigenvalue weighted by molar-refractivity contribution is 0.322. The molecule has 1 aromatic heterocycles. The molecule has 0 bridgehead atoms. The first kappa shape index (κ1) is 15.4. The summed E-state index contributed by atoms with van der Waals surface area (Å²) in [6, 6.07) is 13.2. The fourth-order valence-corrected chi connectivity index (χ4v) is 3.76. The monoisotopic (exact) mass is 306 g/mol. The lowest BCUT2D eigenvalue weighted by atomic mass is 10.2. The van der Waals surface area contributed by atoms with E-state index in [1.807, 2.05) is 23.1 Å². The van der Waals surface area contributed by atoms with Gasteiger partial charge >= 0.3 is 0 Å². The molecule has 0 spiro atoms. The highest BCUT2D eigenvalue weighted by molar-refractivity contribution is 8.00. The lowest BCUT2D eigenvalue weighted by Crippen LogP contribution is -2.16. The van der Waals surface area contributed by atoms with Gasteiger partial charge in [-0.2, -0.15) is 0 Å². The second-order valence-electron chi connectivity index (χ2n) is 5.16. The molecule has 0 unspecified atom stereocenters. The Kier molecular flexibility index (Phi) is 5.52. The average Bonchev–Trinajstić information content (AvgIpc) is 2.86. The quantitative estimate of drug-likeness (QED) is 0.740. The van der Waals surface area contributed by atoms with Gasteiger partial charge in [0.2, 0.25) is 0 Å². The first-order valence-electron chi connectivity index (χ1n) is 6.66. The first-order valence-corrected chi connectivity index (χ1v) is 8.70. The third kappa shape index (κ3) is 4.27. The van der Waals surface area contributed by atoms with Crippen molar-refractivity contribution in [3.05, 3.63) is 46.8 Å². The minimum Gasteiger partial charge on any atom is -0.378 e. The van der Waals surface area contributed by atoms with Gasteiger partial charge in [0.25, 0.3) is 0 Å². The minimum atomic E-state index is 0.986. The Morgan fingerprint density at radius 3 is 2.20 bits per heavy atom. The second kappa shape index (κ2) is 7.16. The Balaban J connectivity index is 1.92. The molecule has 0 N–H and O–H groups in total. The molecule has 0 atom stereocenters. The van der Waals surface area contributed by atoms with Gasteiger partial charge in [-0.25, -0.2) is 0 Å². The summed E-state index contributed by atoms with van der Waals surface area (Å²) in [6.45, 7) is 2.00. The van der Waals surface area contributed by atoms with Crippen LogP contribution in [-0.4, -0.2) is 32.3 Å². The van der Waals surface area contributed by atoms with E-state index in [0.29, 0.717) is 0 Å². The first-order chi connectivity index (χ1) is 9.58. The molecular weight excluding hydrogens is 284 g/mol. The van der Waals surface area contributed by atoms with Crippen molar-refractivity contribution >= 4 is 28.8 Å². The number of thiophene rings is 1. The van der Waals surface area contributed by atoms with Gasteiger partial charge in [0.05, 0.1) is 4.21 Å². The Morgan fingerprint density at radius 2 is 1.65 bits per heavy atom. The summed E-state index contributed by atoms with van der Waals surface area (Å²) >= 11 is 3.71. The molecule has 20 heavy (non-hydrogen) atoms. The molecule has 2 aromatic rings. The number of nitrogens with zero attached hydrogens (tertiary/aromatic N) is 2. The van der Waals surface area contributed by atoms with Crippen LogP contribution in [0.25, 0.3) is 0 Å². The highest BCUT2D eigenvalue weighted by atomic mass is 32.2. The maximum atomic E-state index is 2.36. The van der Waals surface area contributed by atoms with Crippen molar-refractivity contribution in [2.45, 2.75) is 17.3 Å². The van der Waals surface area contributed by atoms with Gasteiger partial charge in [-0.15, -0.1) is 23.1 Å². The van der Waals surface area contributed by atoms with Crippen molar-refractivity contribution < 1.29 is 0 Å². The molecule has 0 saturated heterocycles. The topological polar surface area (TPSA) is 6.48 Å². The maximum Gasteiger partial charge on any atom is 0.0599 e. The van der Waals surface area contributed by atoms with Crippen LogP contribution in [0.1, 0.15) is 10.4 Å². The van der Waals surface area contributed by atoms with E-state index in [4.69, 9.17) is 0 Å². The standard InChI is InChI=1S/C16H22N2S2/c1-17(2)14-7-5-13(6-8-14)11-18(3)12-15-9-10-16(19-4)20-15/h5-10H,11-12H2,1-4H3. The fraction of sp³-hybridized carbons (Fsp3) is 0.375. The van der Waals surface area contributed by atoms with E-state index in [2.05, 4.69) is 73.6 Å². The molecule has 0 aliphatic rings. The van der Waals surface area contributed by atoms with E-state index >= 15 is 0 Å². The molecule has 2 rings (SSSR count). The van der Waals surface area contributed by atoms with Crippen molar-refractivity contribution in [2.24, 2.45) is 0 Å². The summed E-state index contributed by atoms with van der Waals surface area (Å²) in [5.74, 6) is 0. The van der Waals surface area contributed by atoms with Gasteiger partial charge in [-0.1, -0.05) is 12.1 Å². The summed E-state index contributed by atoms with van der Waals surface area (Å²) in [5.41, 5.74) is 2.61. The van der Waals surface area contributed by atoms with Crippen molar-refractivity contribution in [2.75, 3.05) is 32.3 Å². The summed E-state index contributed by atoms with van der Waals surface area (Å²) in [4.78, 5) is 5.92. The molecule has 0 amide bonds. The van der Waals surface area contributed by atoms with E-state index in [-0.39, 0.29) is 0 Å². The van der Waals surface area contributed by atoms with Crippen molar-refractivity contribution in [1.82, 2.24) is 4.90 Å². The Morgan fingerprint density at radius 1 is 0.950 bits per heavy atom. The van der Waals surface area contributed by atoms with Crippen LogP contribution < -0.4 is 4.90 Å². The number of hydrogen-bond donors (Lipinski definition) is 0. The van der Waals surface area contributed by atoms with E-state index in [0.717, 1.165) is 13.1 Å². The van der Waals surface area contributed by atoms with Crippen LogP contribution in [0.4, 0.5) is 5.69 Å². The normalized spacial score (nSPS) is 11.1. The molecule has 2 nitrogen and oxygen atoms in total. The van der Waals surface area contributed by atoms with Gasteiger partial charge in [-0.3, -0.25) is 4.90 Å². The number of hydrogen-bond acceptors (Lipinski definition) is 4. The zero-order chi connectivity index (χ0) is 14.5. The molecule has 0 aliphatic carbocycles. The average molecular weight is 306 g/mol. The van der Waals surface area contributed by atoms with Crippen LogP contribution in [0.2, 0.25) is 0 Å².